The van der Waals surface area contributed by atoms with E-state index < -0.39 is 12.6 Å². The van der Waals surface area contributed by atoms with Gasteiger partial charge in [-0.3, -0.25) is 9.59 Å². The van der Waals surface area contributed by atoms with E-state index in [4.69, 9.17) is 4.74 Å². The van der Waals surface area contributed by atoms with Crippen molar-refractivity contribution in [2.75, 3.05) is 6.61 Å². The van der Waals surface area contributed by atoms with Crippen molar-refractivity contribution in [3.05, 3.63) is 76.2 Å². The van der Waals surface area contributed by atoms with Crippen LogP contribution < -0.4 is 10.9 Å². The molecule has 3 aromatic rings. The Morgan fingerprint density at radius 2 is 1.71 bits per heavy atom. The van der Waals surface area contributed by atoms with Crippen LogP contribution in [0.1, 0.15) is 62.0 Å². The molecule has 0 aliphatic heterocycles. The highest BCUT2D eigenvalue weighted by molar-refractivity contribution is 6.02. The van der Waals surface area contributed by atoms with Crippen molar-refractivity contribution >= 4 is 22.6 Å². The normalized spacial score (nSPS) is 11.8. The summed E-state index contributed by atoms with van der Waals surface area (Å²) in [4.78, 5) is 37.9. The Hall–Kier alpha value is -3.48. The van der Waals surface area contributed by atoms with Gasteiger partial charge in [0.2, 0.25) is 0 Å². The monoisotopic (exact) mass is 463 g/mol. The zero-order chi connectivity index (χ0) is 24.3. The number of fused-ring (bicyclic) bond motifs is 1. The first kappa shape index (κ1) is 25.1. The Morgan fingerprint density at radius 3 is 2.44 bits per heavy atom. The Balaban J connectivity index is 1.61. The number of hydrogen-bond donors (Lipinski definition) is 1. The van der Waals surface area contributed by atoms with Crippen LogP contribution in [0.25, 0.3) is 10.8 Å². The van der Waals surface area contributed by atoms with E-state index in [1.165, 1.54) is 10.2 Å². The number of aromatic nitrogens is 2. The van der Waals surface area contributed by atoms with Gasteiger partial charge in [-0.15, -0.1) is 0 Å². The summed E-state index contributed by atoms with van der Waals surface area (Å²) in [6.07, 6.45) is 5.58. The Labute approximate surface area is 200 Å². The van der Waals surface area contributed by atoms with Crippen molar-refractivity contribution in [3.63, 3.8) is 0 Å². The number of hydrogen-bond acceptors (Lipinski definition) is 5. The molecule has 7 heteroatoms. The van der Waals surface area contributed by atoms with Crippen molar-refractivity contribution in [2.24, 2.45) is 0 Å². The fourth-order valence-electron chi connectivity index (χ4n) is 3.84. The number of unbranched alkanes of at least 4 members (excludes halogenated alkanes) is 3. The molecule has 1 aromatic heterocycles. The van der Waals surface area contributed by atoms with Gasteiger partial charge in [0.05, 0.1) is 5.39 Å². The van der Waals surface area contributed by atoms with Gasteiger partial charge in [0, 0.05) is 18.0 Å². The second-order valence-electron chi connectivity index (χ2n) is 8.55. The molecule has 0 spiro atoms. The van der Waals surface area contributed by atoms with Crippen LogP contribution >= 0.6 is 0 Å². The fourth-order valence-corrected chi connectivity index (χ4v) is 3.84. The molecule has 1 unspecified atom stereocenters. The molecule has 1 atom stereocenters. The third kappa shape index (κ3) is 7.01. The van der Waals surface area contributed by atoms with Crippen molar-refractivity contribution in [3.8, 4) is 0 Å². The first-order valence-corrected chi connectivity index (χ1v) is 12.0. The molecule has 1 heterocycles. The lowest BCUT2D eigenvalue weighted by molar-refractivity contribution is -0.124. The highest BCUT2D eigenvalue weighted by Crippen LogP contribution is 2.15. The second-order valence-corrected chi connectivity index (χ2v) is 8.55. The number of aryl methyl sites for hydroxylation is 2. The van der Waals surface area contributed by atoms with Gasteiger partial charge >= 0.3 is 5.97 Å². The zero-order valence-electron chi connectivity index (χ0n) is 20.0. The van der Waals surface area contributed by atoms with Gasteiger partial charge in [0.15, 0.2) is 12.3 Å². The lowest BCUT2D eigenvalue weighted by atomic mass is 10.1. The molecule has 3 rings (SSSR count). The molecular weight excluding hydrogens is 430 g/mol. The zero-order valence-corrected chi connectivity index (χ0v) is 20.0. The SMILES string of the molecule is CCCCCCn1nc(C(=O)OCC(=O)NC(C)CCc2ccccc2)c2ccccc2c1=O. The maximum absolute atomic E-state index is 12.8. The van der Waals surface area contributed by atoms with Crippen LogP contribution in [0.15, 0.2) is 59.4 Å². The topological polar surface area (TPSA) is 90.3 Å². The molecule has 2 aromatic carbocycles. The average molecular weight is 464 g/mol. The molecule has 34 heavy (non-hydrogen) atoms. The van der Waals surface area contributed by atoms with Gasteiger partial charge in [-0.25, -0.2) is 9.48 Å². The van der Waals surface area contributed by atoms with Crippen LogP contribution in [0.3, 0.4) is 0 Å². The Morgan fingerprint density at radius 1 is 1.00 bits per heavy atom. The van der Waals surface area contributed by atoms with E-state index in [9.17, 15) is 14.4 Å². The summed E-state index contributed by atoms with van der Waals surface area (Å²) in [5, 5.41) is 8.01. The van der Waals surface area contributed by atoms with Gasteiger partial charge in [-0.2, -0.15) is 5.10 Å². The van der Waals surface area contributed by atoms with E-state index in [-0.39, 0.29) is 23.2 Å². The van der Waals surface area contributed by atoms with Crippen LogP contribution in [-0.4, -0.2) is 34.3 Å². The summed E-state index contributed by atoms with van der Waals surface area (Å²) in [6.45, 7) is 4.07. The largest absolute Gasteiger partial charge is 0.451 e. The van der Waals surface area contributed by atoms with E-state index in [1.54, 1.807) is 24.3 Å². The number of rotatable bonds is 12. The molecular formula is C27H33N3O4. The van der Waals surface area contributed by atoms with E-state index in [0.29, 0.717) is 17.3 Å². The van der Waals surface area contributed by atoms with Gasteiger partial charge in [-0.05, 0) is 37.8 Å². The van der Waals surface area contributed by atoms with E-state index >= 15 is 0 Å². The summed E-state index contributed by atoms with van der Waals surface area (Å²) < 4.78 is 6.60. The van der Waals surface area contributed by atoms with Crippen molar-refractivity contribution in [1.82, 2.24) is 15.1 Å². The second kappa shape index (κ2) is 12.7. The maximum Gasteiger partial charge on any atom is 0.359 e. The predicted molar refractivity (Wildman–Crippen MR) is 133 cm³/mol. The lowest BCUT2D eigenvalue weighted by Gasteiger charge is -2.14. The molecule has 1 amide bonds. The smallest absolute Gasteiger partial charge is 0.359 e. The summed E-state index contributed by atoms with van der Waals surface area (Å²) in [5.74, 6) is -1.09. The van der Waals surface area contributed by atoms with Crippen molar-refractivity contribution in [1.29, 1.82) is 0 Å². The summed E-state index contributed by atoms with van der Waals surface area (Å²) >= 11 is 0. The number of nitrogens with zero attached hydrogens (tertiary/aromatic N) is 2. The Kier molecular flexibility index (Phi) is 9.38. The third-order valence-corrected chi connectivity index (χ3v) is 5.74. The molecule has 180 valence electrons. The molecule has 0 aliphatic carbocycles. The molecule has 0 saturated carbocycles. The average Bonchev–Trinajstić information content (AvgIpc) is 2.86. The minimum absolute atomic E-state index is 0.0515. The van der Waals surface area contributed by atoms with Crippen LogP contribution in [0.2, 0.25) is 0 Å². The van der Waals surface area contributed by atoms with Crippen molar-refractivity contribution < 1.29 is 14.3 Å². The summed E-state index contributed by atoms with van der Waals surface area (Å²) in [6, 6.07) is 16.8. The van der Waals surface area contributed by atoms with Gasteiger partial charge < -0.3 is 10.1 Å². The van der Waals surface area contributed by atoms with E-state index in [0.717, 1.165) is 38.5 Å². The number of ether oxygens (including phenoxy) is 1. The van der Waals surface area contributed by atoms with E-state index in [1.807, 2.05) is 25.1 Å². The van der Waals surface area contributed by atoms with Gasteiger partial charge in [0.25, 0.3) is 11.5 Å². The number of nitrogens with one attached hydrogen (secondary N) is 1. The quantitative estimate of drug-likeness (QED) is 0.320. The molecule has 7 nitrogen and oxygen atoms in total. The molecule has 0 aliphatic rings. The van der Waals surface area contributed by atoms with Crippen LogP contribution in [-0.2, 0) is 22.5 Å². The Bertz CT molecular complexity index is 1160. The fraction of sp³-hybridized carbons (Fsp3) is 0.407. The number of benzene rings is 2. The molecule has 0 fully saturated rings. The van der Waals surface area contributed by atoms with Crippen LogP contribution in [0, 0.1) is 0 Å². The lowest BCUT2D eigenvalue weighted by Crippen LogP contribution is -2.36. The number of esters is 1. The highest BCUT2D eigenvalue weighted by Gasteiger charge is 2.19. The molecule has 0 bridgehead atoms. The third-order valence-electron chi connectivity index (χ3n) is 5.74. The first-order chi connectivity index (χ1) is 16.5. The van der Waals surface area contributed by atoms with Gasteiger partial charge in [0.1, 0.15) is 0 Å². The minimum Gasteiger partial charge on any atom is -0.451 e. The number of carbonyl (C=O) groups is 2. The molecule has 0 radical (unpaired) electrons. The molecule has 1 N–H and O–H groups in total. The maximum atomic E-state index is 12.8. The predicted octanol–water partition coefficient (Wildman–Crippen LogP) is 4.27. The highest BCUT2D eigenvalue weighted by atomic mass is 16.5. The number of carbonyl (C=O) groups excluding carboxylic acids is 2. The van der Waals surface area contributed by atoms with Crippen LogP contribution in [0.5, 0.6) is 0 Å². The minimum atomic E-state index is -0.717. The summed E-state index contributed by atoms with van der Waals surface area (Å²) in [5.41, 5.74) is 1.03. The number of amides is 1. The molecule has 0 saturated heterocycles. The van der Waals surface area contributed by atoms with Crippen molar-refractivity contribution in [2.45, 2.75) is 65.0 Å². The van der Waals surface area contributed by atoms with Gasteiger partial charge in [-0.1, -0.05) is 74.7 Å². The summed E-state index contributed by atoms with van der Waals surface area (Å²) in [7, 11) is 0. The standard InChI is InChI=1S/C27H33N3O4/c1-3-4-5-11-18-30-26(32)23-15-10-9-14-22(23)25(29-30)27(33)34-19-24(31)28-20(2)16-17-21-12-7-6-8-13-21/h6-10,12-15,20H,3-5,11,16-19H2,1-2H3,(H,28,31). The van der Waals surface area contributed by atoms with Crippen LogP contribution in [0.4, 0.5) is 0 Å². The first-order valence-electron chi connectivity index (χ1n) is 12.0. The van der Waals surface area contributed by atoms with E-state index in [2.05, 4.69) is 29.5 Å².